The van der Waals surface area contributed by atoms with Gasteiger partial charge in [0.05, 0.1) is 0 Å². The molecule has 0 atom stereocenters. The highest BCUT2D eigenvalue weighted by atomic mass is 16.5. The number of ether oxygens (including phenoxy) is 1. The van der Waals surface area contributed by atoms with E-state index in [1.54, 1.807) is 0 Å². The quantitative estimate of drug-likeness (QED) is 0.450. The lowest BCUT2D eigenvalue weighted by Crippen LogP contribution is -2.02. The van der Waals surface area contributed by atoms with Gasteiger partial charge in [-0.3, -0.25) is 0 Å². The van der Waals surface area contributed by atoms with Crippen LogP contribution in [-0.2, 0) is 4.74 Å². The lowest BCUT2D eigenvalue weighted by molar-refractivity contribution is 0.106. The predicted molar refractivity (Wildman–Crippen MR) is 72.8 cm³/mol. The van der Waals surface area contributed by atoms with Gasteiger partial charge in [0.2, 0.25) is 0 Å². The molecule has 0 aliphatic carbocycles. The van der Waals surface area contributed by atoms with E-state index in [0.29, 0.717) is 5.92 Å². The van der Waals surface area contributed by atoms with E-state index in [-0.39, 0.29) is 0 Å². The Bertz CT molecular complexity index is 113. The molecule has 0 unspecified atom stereocenters. The van der Waals surface area contributed by atoms with Crippen molar-refractivity contribution >= 4 is 0 Å². The molecule has 0 aliphatic rings. The molecule has 0 bridgehead atoms. The van der Waals surface area contributed by atoms with Crippen molar-refractivity contribution in [1.29, 1.82) is 0 Å². The highest BCUT2D eigenvalue weighted by Gasteiger charge is 1.96. The van der Waals surface area contributed by atoms with Crippen LogP contribution in [-0.4, -0.2) is 13.2 Å². The fraction of sp³-hybridized carbons (Fsp3) is 1.00. The van der Waals surface area contributed by atoms with Crippen molar-refractivity contribution < 1.29 is 4.74 Å². The summed E-state index contributed by atoms with van der Waals surface area (Å²) in [4.78, 5) is 0. The Balaban J connectivity index is 2.93. The molecule has 98 valence electrons. The summed E-state index contributed by atoms with van der Waals surface area (Å²) < 4.78 is 5.55. The maximum absolute atomic E-state index is 5.55. The van der Waals surface area contributed by atoms with Crippen molar-refractivity contribution in [3.05, 3.63) is 0 Å². The Morgan fingerprint density at radius 1 is 0.688 bits per heavy atom. The first-order valence-electron chi connectivity index (χ1n) is 7.20. The second-order valence-corrected chi connectivity index (χ2v) is 5.77. The van der Waals surface area contributed by atoms with Crippen LogP contribution in [0.1, 0.15) is 72.6 Å². The molecule has 0 heterocycles. The van der Waals surface area contributed by atoms with E-state index in [9.17, 15) is 0 Å². The third kappa shape index (κ3) is 14.0. The van der Waals surface area contributed by atoms with Crippen LogP contribution in [0.3, 0.4) is 0 Å². The zero-order chi connectivity index (χ0) is 12.2. The van der Waals surface area contributed by atoms with Crippen LogP contribution < -0.4 is 0 Å². The maximum Gasteiger partial charge on any atom is 0.0488 e. The van der Waals surface area contributed by atoms with E-state index in [1.807, 2.05) is 0 Å². The molecule has 16 heavy (non-hydrogen) atoms. The van der Waals surface area contributed by atoms with Crippen molar-refractivity contribution in [3.63, 3.8) is 0 Å². The minimum absolute atomic E-state index is 0.677. The molecule has 0 saturated heterocycles. The van der Waals surface area contributed by atoms with Gasteiger partial charge in [-0.25, -0.2) is 0 Å². The molecular formula is C15H32O. The van der Waals surface area contributed by atoms with Crippen molar-refractivity contribution in [2.45, 2.75) is 72.6 Å². The number of hydrogen-bond donors (Lipinski definition) is 0. The Hall–Kier alpha value is -0.0400. The average Bonchev–Trinajstić information content (AvgIpc) is 2.20. The monoisotopic (exact) mass is 228 g/mol. The molecule has 0 N–H and O–H groups in total. The van der Waals surface area contributed by atoms with Crippen LogP contribution >= 0.6 is 0 Å². The van der Waals surface area contributed by atoms with Crippen LogP contribution in [0.4, 0.5) is 0 Å². The number of unbranched alkanes of at least 4 members (excludes halogenated alkanes) is 5. The maximum atomic E-state index is 5.55. The first-order chi connectivity index (χ1) is 7.63. The summed E-state index contributed by atoms with van der Waals surface area (Å²) in [6, 6.07) is 0. The van der Waals surface area contributed by atoms with E-state index in [2.05, 4.69) is 27.7 Å². The Morgan fingerprint density at radius 2 is 1.25 bits per heavy atom. The van der Waals surface area contributed by atoms with Crippen molar-refractivity contribution in [2.75, 3.05) is 13.2 Å². The zero-order valence-electron chi connectivity index (χ0n) is 11.9. The molecule has 0 fully saturated rings. The Labute approximate surface area is 103 Å². The molecule has 0 amide bonds. The second-order valence-electron chi connectivity index (χ2n) is 5.77. The van der Waals surface area contributed by atoms with Crippen LogP contribution in [0.25, 0.3) is 0 Å². The fourth-order valence-corrected chi connectivity index (χ4v) is 1.78. The predicted octanol–water partition coefficient (Wildman–Crippen LogP) is 5.05. The molecule has 0 saturated carbocycles. The zero-order valence-corrected chi connectivity index (χ0v) is 11.9. The van der Waals surface area contributed by atoms with Crippen LogP contribution in [0.5, 0.6) is 0 Å². The topological polar surface area (TPSA) is 9.23 Å². The summed E-state index contributed by atoms with van der Waals surface area (Å²) in [5.74, 6) is 1.56. The van der Waals surface area contributed by atoms with Crippen LogP contribution in [0.15, 0.2) is 0 Å². The van der Waals surface area contributed by atoms with E-state index >= 15 is 0 Å². The van der Waals surface area contributed by atoms with Gasteiger partial charge >= 0.3 is 0 Å². The van der Waals surface area contributed by atoms with Gasteiger partial charge < -0.3 is 4.74 Å². The molecule has 0 spiro atoms. The second kappa shape index (κ2) is 11.4. The molecule has 0 aromatic heterocycles. The van der Waals surface area contributed by atoms with Crippen LogP contribution in [0, 0.1) is 11.8 Å². The molecule has 1 heteroatoms. The standard InChI is InChI=1S/C15H32O/c1-14(2)11-9-7-5-6-8-10-12-16-13-15(3)4/h14-15H,5-13H2,1-4H3. The third-order valence-corrected chi connectivity index (χ3v) is 2.77. The fourth-order valence-electron chi connectivity index (χ4n) is 1.78. The lowest BCUT2D eigenvalue weighted by Gasteiger charge is -2.07. The van der Waals surface area contributed by atoms with Crippen LogP contribution in [0.2, 0.25) is 0 Å². The van der Waals surface area contributed by atoms with Gasteiger partial charge in [-0.1, -0.05) is 66.2 Å². The van der Waals surface area contributed by atoms with Gasteiger partial charge in [0.25, 0.3) is 0 Å². The smallest absolute Gasteiger partial charge is 0.0488 e. The highest BCUT2D eigenvalue weighted by Crippen LogP contribution is 2.11. The lowest BCUT2D eigenvalue weighted by atomic mass is 10.0. The van der Waals surface area contributed by atoms with E-state index in [4.69, 9.17) is 4.74 Å². The van der Waals surface area contributed by atoms with E-state index < -0.39 is 0 Å². The van der Waals surface area contributed by atoms with Gasteiger partial charge in [-0.2, -0.15) is 0 Å². The van der Waals surface area contributed by atoms with Gasteiger partial charge in [0.1, 0.15) is 0 Å². The summed E-state index contributed by atoms with van der Waals surface area (Å²) in [6.07, 6.45) is 9.64. The summed E-state index contributed by atoms with van der Waals surface area (Å²) in [5.41, 5.74) is 0. The summed E-state index contributed by atoms with van der Waals surface area (Å²) in [5, 5.41) is 0. The number of hydrogen-bond acceptors (Lipinski definition) is 1. The SMILES string of the molecule is CC(C)CCCCCCCCOCC(C)C. The summed E-state index contributed by atoms with van der Waals surface area (Å²) in [7, 11) is 0. The normalized spacial score (nSPS) is 11.6. The van der Waals surface area contributed by atoms with Gasteiger partial charge in [-0.15, -0.1) is 0 Å². The molecule has 0 aromatic rings. The molecule has 0 aromatic carbocycles. The highest BCUT2D eigenvalue weighted by molar-refractivity contribution is 4.49. The average molecular weight is 228 g/mol. The number of rotatable bonds is 11. The third-order valence-electron chi connectivity index (χ3n) is 2.77. The summed E-state index contributed by atoms with van der Waals surface area (Å²) in [6.45, 7) is 10.9. The largest absolute Gasteiger partial charge is 0.381 e. The minimum Gasteiger partial charge on any atom is -0.381 e. The van der Waals surface area contributed by atoms with Gasteiger partial charge in [0.15, 0.2) is 0 Å². The van der Waals surface area contributed by atoms with E-state index in [0.717, 1.165) is 19.1 Å². The van der Waals surface area contributed by atoms with Crippen molar-refractivity contribution in [2.24, 2.45) is 11.8 Å². The molecule has 0 rings (SSSR count). The van der Waals surface area contributed by atoms with Gasteiger partial charge in [0, 0.05) is 13.2 Å². The van der Waals surface area contributed by atoms with Crippen molar-refractivity contribution in [1.82, 2.24) is 0 Å². The molecule has 0 radical (unpaired) electrons. The first kappa shape index (κ1) is 16.0. The molecule has 1 nitrogen and oxygen atoms in total. The summed E-state index contributed by atoms with van der Waals surface area (Å²) >= 11 is 0. The minimum atomic E-state index is 0.677. The first-order valence-corrected chi connectivity index (χ1v) is 7.20. The Kier molecular flexibility index (Phi) is 11.4. The van der Waals surface area contributed by atoms with Gasteiger partial charge in [-0.05, 0) is 18.3 Å². The molecular weight excluding hydrogens is 196 g/mol. The molecule has 0 aliphatic heterocycles. The van der Waals surface area contributed by atoms with E-state index in [1.165, 1.54) is 44.9 Å². The van der Waals surface area contributed by atoms with Crippen molar-refractivity contribution in [3.8, 4) is 0 Å². The Morgan fingerprint density at radius 3 is 1.81 bits per heavy atom.